The number of sulfonamides is 1. The van der Waals surface area contributed by atoms with E-state index in [0.717, 1.165) is 30.7 Å². The van der Waals surface area contributed by atoms with Crippen molar-refractivity contribution in [3.8, 4) is 0 Å². The molecular formula is C18H23FN3O5S. The molecule has 1 aromatic rings. The lowest BCUT2D eigenvalue weighted by Crippen LogP contribution is -2.49. The minimum atomic E-state index is -4.41. The Hall–Kier alpha value is -2.33. The first kappa shape index (κ1) is 22.0. The first-order valence-corrected chi connectivity index (χ1v) is 10.3. The summed E-state index contributed by atoms with van der Waals surface area (Å²) < 4.78 is 40.0. The second kappa shape index (κ2) is 9.24. The maximum atomic E-state index is 13.2. The molecule has 0 spiro atoms. The molecule has 1 radical (unpaired) electrons. The van der Waals surface area contributed by atoms with Crippen molar-refractivity contribution >= 4 is 27.6 Å². The van der Waals surface area contributed by atoms with Crippen LogP contribution >= 0.6 is 0 Å². The summed E-state index contributed by atoms with van der Waals surface area (Å²) in [7, 11) is -4.41. The van der Waals surface area contributed by atoms with Gasteiger partial charge in [-0.15, -0.1) is 0 Å². The highest BCUT2D eigenvalue weighted by Crippen LogP contribution is 2.24. The van der Waals surface area contributed by atoms with Crippen molar-refractivity contribution in [2.75, 3.05) is 13.1 Å². The van der Waals surface area contributed by atoms with Crippen molar-refractivity contribution in [2.24, 2.45) is 11.7 Å². The van der Waals surface area contributed by atoms with Crippen LogP contribution in [0.5, 0.6) is 0 Å². The highest BCUT2D eigenvalue weighted by molar-refractivity contribution is 7.89. The lowest BCUT2D eigenvalue weighted by molar-refractivity contribution is -0.131. The summed E-state index contributed by atoms with van der Waals surface area (Å²) in [6.07, 6.45) is 1.64. The number of carbonyl (C=O) groups is 3. The number of halogens is 1. The Morgan fingerprint density at radius 2 is 2.00 bits per heavy atom. The molecule has 0 aliphatic carbocycles. The van der Waals surface area contributed by atoms with E-state index in [-0.39, 0.29) is 24.3 Å². The molecule has 2 atom stereocenters. The van der Waals surface area contributed by atoms with Gasteiger partial charge in [-0.3, -0.25) is 14.4 Å². The fourth-order valence-corrected chi connectivity index (χ4v) is 4.38. The van der Waals surface area contributed by atoms with Crippen LogP contribution < -0.4 is 11.1 Å². The molecule has 1 unspecified atom stereocenters. The van der Waals surface area contributed by atoms with Crippen LogP contribution in [0.1, 0.15) is 26.2 Å². The Labute approximate surface area is 163 Å². The Kier molecular flexibility index (Phi) is 7.25. The van der Waals surface area contributed by atoms with Crippen molar-refractivity contribution in [3.05, 3.63) is 36.5 Å². The van der Waals surface area contributed by atoms with Gasteiger partial charge in [0.1, 0.15) is 11.9 Å². The maximum Gasteiger partial charge on any atom is 0.267 e. The number of nitrogens with two attached hydrogens (primary N) is 1. The van der Waals surface area contributed by atoms with E-state index in [0.29, 0.717) is 17.3 Å². The first-order chi connectivity index (χ1) is 13.1. The van der Waals surface area contributed by atoms with Gasteiger partial charge in [0.05, 0.1) is 17.9 Å². The summed E-state index contributed by atoms with van der Waals surface area (Å²) in [6.45, 7) is 1.96. The third-order valence-electron chi connectivity index (χ3n) is 4.50. The molecule has 10 heteroatoms. The molecule has 0 bridgehead atoms. The smallest absolute Gasteiger partial charge is 0.267 e. The van der Waals surface area contributed by atoms with Crippen molar-refractivity contribution in [1.82, 2.24) is 9.62 Å². The van der Waals surface area contributed by atoms with Crippen LogP contribution in [-0.4, -0.2) is 49.5 Å². The number of amides is 2. The number of ketones is 1. The van der Waals surface area contributed by atoms with E-state index < -0.39 is 45.4 Å². The molecule has 2 amide bonds. The standard InChI is InChI=1S/C18H23FN3O5S/c1-12(18(20)25)4-9-17(24)22(15-3-2-10-21-11-16(15)23)28(26,27)14-7-5-13(19)6-8-14/h5-9,12,15,21H,2-4,10-11H2,1H3,(H2,20,25)/t12?,15-/m0/s1. The van der Waals surface area contributed by atoms with Crippen molar-refractivity contribution in [1.29, 1.82) is 0 Å². The van der Waals surface area contributed by atoms with Gasteiger partial charge in [0.15, 0.2) is 5.78 Å². The highest BCUT2D eigenvalue weighted by Gasteiger charge is 2.39. The highest BCUT2D eigenvalue weighted by atomic mass is 32.2. The molecule has 1 aliphatic heterocycles. The van der Waals surface area contributed by atoms with Gasteiger partial charge in [0.2, 0.25) is 11.8 Å². The molecule has 1 aromatic carbocycles. The summed E-state index contributed by atoms with van der Waals surface area (Å²) in [4.78, 5) is 36.2. The maximum absolute atomic E-state index is 13.2. The number of nitrogens with zero attached hydrogens (tertiary/aromatic N) is 1. The molecule has 1 heterocycles. The van der Waals surface area contributed by atoms with Gasteiger partial charge in [-0.05, 0) is 50.1 Å². The summed E-state index contributed by atoms with van der Waals surface area (Å²) in [5, 5.41) is 2.88. The summed E-state index contributed by atoms with van der Waals surface area (Å²) in [6, 6.07) is 2.82. The third-order valence-corrected chi connectivity index (χ3v) is 6.32. The van der Waals surface area contributed by atoms with E-state index in [1.54, 1.807) is 0 Å². The minimum Gasteiger partial charge on any atom is -0.369 e. The second-order valence-corrected chi connectivity index (χ2v) is 8.45. The normalized spacial score (nSPS) is 18.9. The van der Waals surface area contributed by atoms with E-state index in [1.165, 1.54) is 6.92 Å². The monoisotopic (exact) mass is 412 g/mol. The fourth-order valence-electron chi connectivity index (χ4n) is 2.80. The third kappa shape index (κ3) is 5.14. The number of benzene rings is 1. The quantitative estimate of drug-likeness (QED) is 0.667. The van der Waals surface area contributed by atoms with Crippen LogP contribution in [0, 0.1) is 18.2 Å². The molecule has 8 nitrogen and oxygen atoms in total. The zero-order valence-electron chi connectivity index (χ0n) is 15.4. The largest absolute Gasteiger partial charge is 0.369 e. The zero-order chi connectivity index (χ0) is 20.9. The molecule has 0 aromatic heterocycles. The SMILES string of the molecule is CC(C[CH]C(=O)N([C@H]1CCCNCC1=O)S(=O)(=O)c1ccc(F)cc1)C(N)=O. The molecule has 3 N–H and O–H groups in total. The molecule has 1 fully saturated rings. The van der Waals surface area contributed by atoms with Gasteiger partial charge in [-0.1, -0.05) is 6.92 Å². The van der Waals surface area contributed by atoms with E-state index in [2.05, 4.69) is 5.32 Å². The van der Waals surface area contributed by atoms with Gasteiger partial charge in [0.25, 0.3) is 10.0 Å². The topological polar surface area (TPSA) is 127 Å². The number of hydrogen-bond acceptors (Lipinski definition) is 6. The van der Waals surface area contributed by atoms with Gasteiger partial charge in [-0.2, -0.15) is 0 Å². The molecule has 153 valence electrons. The number of nitrogens with one attached hydrogen (secondary N) is 1. The average Bonchev–Trinajstić information content (AvgIpc) is 2.84. The van der Waals surface area contributed by atoms with Gasteiger partial charge in [-0.25, -0.2) is 17.1 Å². The number of hydrogen-bond donors (Lipinski definition) is 2. The van der Waals surface area contributed by atoms with Crippen LogP contribution in [0.2, 0.25) is 0 Å². The Bertz CT molecular complexity index is 841. The predicted molar refractivity (Wildman–Crippen MR) is 98.6 cm³/mol. The van der Waals surface area contributed by atoms with Gasteiger partial charge in [0, 0.05) is 5.92 Å². The predicted octanol–water partition coefficient (Wildman–Crippen LogP) is 0.380. The van der Waals surface area contributed by atoms with Crippen LogP contribution in [0.25, 0.3) is 0 Å². The number of primary amides is 1. The van der Waals surface area contributed by atoms with E-state index in [4.69, 9.17) is 5.73 Å². The minimum absolute atomic E-state index is 0.0644. The molecule has 2 rings (SSSR count). The second-order valence-electron chi connectivity index (χ2n) is 6.64. The van der Waals surface area contributed by atoms with Crippen molar-refractivity contribution < 1.29 is 27.2 Å². The Morgan fingerprint density at radius 3 is 2.61 bits per heavy atom. The van der Waals surface area contributed by atoms with Gasteiger partial charge >= 0.3 is 0 Å². The van der Waals surface area contributed by atoms with Crippen molar-refractivity contribution in [3.63, 3.8) is 0 Å². The van der Waals surface area contributed by atoms with Crippen LogP contribution in [0.3, 0.4) is 0 Å². The number of carbonyl (C=O) groups excluding carboxylic acids is 3. The first-order valence-electron chi connectivity index (χ1n) is 8.84. The van der Waals surface area contributed by atoms with Crippen LogP contribution in [-0.2, 0) is 24.4 Å². The molecule has 0 saturated carbocycles. The number of rotatable bonds is 7. The lowest BCUT2D eigenvalue weighted by Gasteiger charge is -2.29. The van der Waals surface area contributed by atoms with Crippen molar-refractivity contribution in [2.45, 2.75) is 37.1 Å². The van der Waals surface area contributed by atoms with E-state index in [9.17, 15) is 27.2 Å². The summed E-state index contributed by atoms with van der Waals surface area (Å²) in [5.41, 5.74) is 5.17. The van der Waals surface area contributed by atoms with Crippen LogP contribution in [0.4, 0.5) is 4.39 Å². The van der Waals surface area contributed by atoms with Crippen LogP contribution in [0.15, 0.2) is 29.2 Å². The fraction of sp³-hybridized carbons (Fsp3) is 0.444. The molecule has 28 heavy (non-hydrogen) atoms. The van der Waals surface area contributed by atoms with Gasteiger partial charge < -0.3 is 11.1 Å². The molecular weight excluding hydrogens is 389 g/mol. The number of Topliss-reactive ketones (excluding diaryl/α,β-unsaturated/α-hetero) is 1. The zero-order valence-corrected chi connectivity index (χ0v) is 16.2. The summed E-state index contributed by atoms with van der Waals surface area (Å²) in [5.74, 6) is -3.29. The molecule has 1 aliphatic rings. The van der Waals surface area contributed by atoms with E-state index in [1.807, 2.05) is 0 Å². The van der Waals surface area contributed by atoms with E-state index >= 15 is 0 Å². The Balaban J connectivity index is 2.39. The Morgan fingerprint density at radius 1 is 1.36 bits per heavy atom. The average molecular weight is 412 g/mol. The summed E-state index contributed by atoms with van der Waals surface area (Å²) >= 11 is 0. The molecule has 1 saturated heterocycles. The lowest BCUT2D eigenvalue weighted by atomic mass is 10.0.